The Labute approximate surface area is 131 Å². The van der Waals surface area contributed by atoms with Gasteiger partial charge in [-0.05, 0) is 42.7 Å². The van der Waals surface area contributed by atoms with Crippen molar-refractivity contribution in [1.29, 1.82) is 0 Å². The molecule has 1 aromatic carbocycles. The molecule has 0 unspecified atom stereocenters. The fourth-order valence-corrected chi connectivity index (χ4v) is 2.26. The number of benzene rings is 1. The average Bonchev–Trinajstić information content (AvgIpc) is 2.81. The quantitative estimate of drug-likeness (QED) is 0.461. The minimum Gasteiger partial charge on any atom is -0.428 e. The highest BCUT2D eigenvalue weighted by Gasteiger charge is 2.33. The number of hydrogen-bond acceptors (Lipinski definition) is 7. The van der Waals surface area contributed by atoms with Crippen LogP contribution in [-0.4, -0.2) is 29.5 Å². The van der Waals surface area contributed by atoms with Crippen LogP contribution in [0.1, 0.15) is 29.5 Å². The van der Waals surface area contributed by atoms with Crippen LogP contribution >= 0.6 is 0 Å². The number of hydrogen-bond donors (Lipinski definition) is 0. The van der Waals surface area contributed by atoms with Crippen molar-refractivity contribution >= 4 is 24.4 Å². The van der Waals surface area contributed by atoms with Crippen molar-refractivity contribution in [2.75, 3.05) is 0 Å². The summed E-state index contributed by atoms with van der Waals surface area (Å²) in [7, 11) is 0. The van der Waals surface area contributed by atoms with Gasteiger partial charge in [-0.1, -0.05) is 5.06 Å². The van der Waals surface area contributed by atoms with Crippen LogP contribution in [0.2, 0.25) is 0 Å². The largest absolute Gasteiger partial charge is 0.534 e. The molecule has 0 bridgehead atoms. The van der Waals surface area contributed by atoms with Gasteiger partial charge in [0.1, 0.15) is 12.4 Å². The molecule has 1 saturated heterocycles. The maximum Gasteiger partial charge on any atom is 0.534 e. The number of carbonyl (C=O) groups is 4. The molecule has 2 rings (SSSR count). The third-order valence-electron chi connectivity index (χ3n) is 3.21. The van der Waals surface area contributed by atoms with E-state index in [0.29, 0.717) is 34.0 Å². The van der Waals surface area contributed by atoms with E-state index in [0.717, 1.165) is 0 Å². The van der Waals surface area contributed by atoms with Crippen LogP contribution in [-0.2, 0) is 30.6 Å². The summed E-state index contributed by atoms with van der Waals surface area (Å²) < 4.78 is 9.74. The molecule has 0 aromatic heterocycles. The Hall–Kier alpha value is -2.90. The molecule has 1 aliphatic heterocycles. The number of amides is 2. The zero-order chi connectivity index (χ0) is 17.0. The first kappa shape index (κ1) is 16.5. The Bertz CT molecular complexity index is 629. The van der Waals surface area contributed by atoms with E-state index in [4.69, 9.17) is 9.47 Å². The lowest BCUT2D eigenvalue weighted by molar-refractivity contribution is -0.177. The van der Waals surface area contributed by atoms with E-state index in [9.17, 15) is 19.2 Å². The van der Waals surface area contributed by atoms with Crippen molar-refractivity contribution in [2.45, 2.75) is 33.3 Å². The summed E-state index contributed by atoms with van der Waals surface area (Å²) in [6.07, 6.45) is -1.11. The maximum atomic E-state index is 11.5. The van der Waals surface area contributed by atoms with Crippen molar-refractivity contribution in [3.8, 4) is 5.75 Å². The Balaban J connectivity index is 1.95. The minimum atomic E-state index is -1.14. The highest BCUT2D eigenvalue weighted by molar-refractivity contribution is 6.01. The topological polar surface area (TPSA) is 99.2 Å². The number of nitrogens with zero attached hydrogens (tertiary/aromatic N) is 1. The fraction of sp³-hybridized carbons (Fsp3) is 0.333. The third kappa shape index (κ3) is 3.85. The lowest BCUT2D eigenvalue weighted by Crippen LogP contribution is -2.32. The molecule has 1 heterocycles. The molecule has 8 heteroatoms. The van der Waals surface area contributed by atoms with Crippen molar-refractivity contribution in [3.05, 3.63) is 28.8 Å². The standard InChI is InChI=1S/C15H15NO7/c1-9-5-11(6-10(2)14(9)22-8-17)7-21-15(20)23-16-12(18)3-4-13(16)19/h5-6,8H,3-4,7H2,1-2H3. The molecule has 8 nitrogen and oxygen atoms in total. The van der Waals surface area contributed by atoms with Gasteiger partial charge in [-0.3, -0.25) is 19.2 Å². The average molecular weight is 321 g/mol. The van der Waals surface area contributed by atoms with E-state index in [1.54, 1.807) is 26.0 Å². The maximum absolute atomic E-state index is 11.5. The Morgan fingerprint density at radius 2 is 1.74 bits per heavy atom. The van der Waals surface area contributed by atoms with Gasteiger partial charge in [0.15, 0.2) is 0 Å². The molecule has 1 fully saturated rings. The molecule has 0 radical (unpaired) electrons. The first-order chi connectivity index (χ1) is 10.9. The lowest BCUT2D eigenvalue weighted by atomic mass is 10.1. The van der Waals surface area contributed by atoms with Crippen LogP contribution in [0.5, 0.6) is 5.75 Å². The molecular formula is C15H15NO7. The van der Waals surface area contributed by atoms with Gasteiger partial charge in [-0.25, -0.2) is 4.79 Å². The van der Waals surface area contributed by atoms with E-state index < -0.39 is 18.0 Å². The van der Waals surface area contributed by atoms with Crippen LogP contribution in [0.3, 0.4) is 0 Å². The molecule has 2 amide bonds. The summed E-state index contributed by atoms with van der Waals surface area (Å²) in [5, 5.41) is 0.417. The van der Waals surface area contributed by atoms with Crippen molar-refractivity contribution in [3.63, 3.8) is 0 Å². The smallest absolute Gasteiger partial charge is 0.428 e. The number of rotatable bonds is 5. The van der Waals surface area contributed by atoms with Gasteiger partial charge < -0.3 is 9.47 Å². The summed E-state index contributed by atoms with van der Waals surface area (Å²) in [4.78, 5) is 49.2. The zero-order valence-corrected chi connectivity index (χ0v) is 12.7. The lowest BCUT2D eigenvalue weighted by Gasteiger charge is -2.13. The molecule has 122 valence electrons. The van der Waals surface area contributed by atoms with Gasteiger partial charge in [-0.15, -0.1) is 0 Å². The highest BCUT2D eigenvalue weighted by Crippen LogP contribution is 2.24. The van der Waals surface area contributed by atoms with E-state index >= 15 is 0 Å². The molecule has 23 heavy (non-hydrogen) atoms. The Morgan fingerprint density at radius 3 is 2.26 bits per heavy atom. The van der Waals surface area contributed by atoms with Gasteiger partial charge in [0, 0.05) is 12.8 Å². The predicted octanol–water partition coefficient (Wildman–Crippen LogP) is 1.56. The summed E-state index contributed by atoms with van der Waals surface area (Å²) in [6.45, 7) is 3.72. The number of carbonyl (C=O) groups excluding carboxylic acids is 4. The first-order valence-electron chi connectivity index (χ1n) is 6.83. The summed E-state index contributed by atoms with van der Waals surface area (Å²) in [6, 6.07) is 3.37. The van der Waals surface area contributed by atoms with Crippen LogP contribution in [0.15, 0.2) is 12.1 Å². The molecule has 0 aliphatic carbocycles. The highest BCUT2D eigenvalue weighted by atomic mass is 16.8. The van der Waals surface area contributed by atoms with E-state index in [2.05, 4.69) is 4.84 Å². The Morgan fingerprint density at radius 1 is 1.17 bits per heavy atom. The van der Waals surface area contributed by atoms with E-state index in [-0.39, 0.29) is 19.4 Å². The third-order valence-corrected chi connectivity index (χ3v) is 3.21. The Kier molecular flexibility index (Phi) is 4.95. The van der Waals surface area contributed by atoms with Gasteiger partial charge >= 0.3 is 6.16 Å². The second-order valence-electron chi connectivity index (χ2n) is 4.98. The van der Waals surface area contributed by atoms with E-state index in [1.807, 2.05) is 0 Å². The minimum absolute atomic E-state index is 0.0166. The summed E-state index contributed by atoms with van der Waals surface area (Å²) in [5.74, 6) is -0.706. The first-order valence-corrected chi connectivity index (χ1v) is 6.83. The number of aryl methyl sites for hydroxylation is 2. The van der Waals surface area contributed by atoms with Gasteiger partial charge in [0.2, 0.25) is 0 Å². The van der Waals surface area contributed by atoms with E-state index in [1.165, 1.54) is 0 Å². The molecule has 0 N–H and O–H groups in total. The molecule has 1 aliphatic rings. The van der Waals surface area contributed by atoms with Crippen molar-refractivity contribution < 1.29 is 33.5 Å². The zero-order valence-electron chi connectivity index (χ0n) is 12.7. The second kappa shape index (κ2) is 6.91. The van der Waals surface area contributed by atoms with Gasteiger partial charge in [-0.2, -0.15) is 0 Å². The van der Waals surface area contributed by atoms with Crippen molar-refractivity contribution in [2.24, 2.45) is 0 Å². The number of hydroxylamine groups is 2. The van der Waals surface area contributed by atoms with Crippen LogP contribution in [0, 0.1) is 13.8 Å². The molecule has 0 atom stereocenters. The molecule has 0 saturated carbocycles. The second-order valence-corrected chi connectivity index (χ2v) is 4.98. The summed E-state index contributed by atoms with van der Waals surface area (Å²) in [5.41, 5.74) is 2.05. The summed E-state index contributed by atoms with van der Waals surface area (Å²) >= 11 is 0. The molecule has 1 aromatic rings. The normalized spacial score (nSPS) is 13.9. The number of ether oxygens (including phenoxy) is 2. The predicted molar refractivity (Wildman–Crippen MR) is 75.0 cm³/mol. The van der Waals surface area contributed by atoms with Gasteiger partial charge in [0.25, 0.3) is 18.3 Å². The van der Waals surface area contributed by atoms with Crippen LogP contribution < -0.4 is 4.74 Å². The molecule has 0 spiro atoms. The monoisotopic (exact) mass is 321 g/mol. The number of imide groups is 1. The molecular weight excluding hydrogens is 306 g/mol. The fourth-order valence-electron chi connectivity index (χ4n) is 2.26. The SMILES string of the molecule is Cc1cc(COC(=O)ON2C(=O)CCC2=O)cc(C)c1OC=O. The van der Waals surface area contributed by atoms with Crippen molar-refractivity contribution in [1.82, 2.24) is 5.06 Å². The van der Waals surface area contributed by atoms with Crippen LogP contribution in [0.25, 0.3) is 0 Å². The van der Waals surface area contributed by atoms with Crippen LogP contribution in [0.4, 0.5) is 4.79 Å². The van der Waals surface area contributed by atoms with Gasteiger partial charge in [0.05, 0.1) is 0 Å².